The summed E-state index contributed by atoms with van der Waals surface area (Å²) in [7, 11) is 0. The van der Waals surface area contributed by atoms with Gasteiger partial charge >= 0.3 is 0 Å². The van der Waals surface area contributed by atoms with Gasteiger partial charge in [-0.2, -0.15) is 10.2 Å². The first-order valence-electron chi connectivity index (χ1n) is 9.20. The third kappa shape index (κ3) is 4.16. The van der Waals surface area contributed by atoms with Gasteiger partial charge in [0.15, 0.2) is 5.76 Å². The number of furan rings is 1. The Balaban J connectivity index is 1.36. The molecule has 1 amide bonds. The average Bonchev–Trinajstić information content (AvgIpc) is 3.41. The van der Waals surface area contributed by atoms with Gasteiger partial charge in [-0.05, 0) is 24.3 Å². The van der Waals surface area contributed by atoms with E-state index in [1.165, 1.54) is 6.26 Å². The van der Waals surface area contributed by atoms with Crippen LogP contribution in [-0.4, -0.2) is 48.5 Å². The Morgan fingerprint density at radius 2 is 2.03 bits per heavy atom. The molecular formula is C20H17F2N5O3. The summed E-state index contributed by atoms with van der Waals surface area (Å²) in [4.78, 5) is 20.1. The molecule has 3 aromatic rings. The number of carbonyl (C=O) groups is 1. The maximum absolute atomic E-state index is 13.7. The lowest BCUT2D eigenvalue weighted by molar-refractivity contribution is -0.117. The highest BCUT2D eigenvalue weighted by molar-refractivity contribution is 5.92. The molecule has 2 aromatic heterocycles. The number of nitrogens with zero attached hydrogens (tertiary/aromatic N) is 4. The molecule has 1 saturated heterocycles. The van der Waals surface area contributed by atoms with E-state index >= 15 is 0 Å². The molecule has 154 valence electrons. The van der Waals surface area contributed by atoms with E-state index in [0.717, 1.165) is 18.2 Å². The molecule has 0 aliphatic carbocycles. The van der Waals surface area contributed by atoms with Gasteiger partial charge in [-0.25, -0.2) is 8.78 Å². The summed E-state index contributed by atoms with van der Waals surface area (Å²) in [6, 6.07) is 8.30. The fraction of sp³-hybridized carbons (Fsp3) is 0.250. The second-order valence-electron chi connectivity index (χ2n) is 6.70. The minimum absolute atomic E-state index is 0.0307. The number of oxazole rings is 1. The topological polar surface area (TPSA) is 98.5 Å². The number of piperazine rings is 1. The van der Waals surface area contributed by atoms with Crippen molar-refractivity contribution in [2.24, 2.45) is 0 Å². The Morgan fingerprint density at radius 1 is 1.23 bits per heavy atom. The van der Waals surface area contributed by atoms with Crippen molar-refractivity contribution < 1.29 is 22.4 Å². The van der Waals surface area contributed by atoms with Gasteiger partial charge in [0, 0.05) is 32.2 Å². The van der Waals surface area contributed by atoms with Crippen LogP contribution in [0.3, 0.4) is 0 Å². The standard InChI is InChI=1S/C20H17F2N5O3/c21-13-3-4-14(22)15(10-13)24-18(28)12-26-5-7-27(8-6-26)20-16(11-23)25-19(30-20)17-2-1-9-29-17/h1-4,9-10H,5-8,12H2,(H,24,28). The largest absolute Gasteiger partial charge is 0.459 e. The van der Waals surface area contributed by atoms with E-state index in [1.807, 2.05) is 15.9 Å². The molecule has 0 unspecified atom stereocenters. The van der Waals surface area contributed by atoms with Crippen molar-refractivity contribution in [1.82, 2.24) is 9.88 Å². The van der Waals surface area contributed by atoms with Crippen molar-refractivity contribution in [2.75, 3.05) is 42.9 Å². The van der Waals surface area contributed by atoms with Gasteiger partial charge in [-0.1, -0.05) is 0 Å². The van der Waals surface area contributed by atoms with E-state index in [-0.39, 0.29) is 23.8 Å². The van der Waals surface area contributed by atoms with Crippen LogP contribution >= 0.6 is 0 Å². The predicted octanol–water partition coefficient (Wildman–Crippen LogP) is 2.85. The molecule has 1 aromatic carbocycles. The van der Waals surface area contributed by atoms with Gasteiger partial charge in [-0.15, -0.1) is 0 Å². The number of hydrogen-bond acceptors (Lipinski definition) is 7. The highest BCUT2D eigenvalue weighted by atomic mass is 19.1. The van der Waals surface area contributed by atoms with E-state index in [4.69, 9.17) is 8.83 Å². The number of halogens is 2. The van der Waals surface area contributed by atoms with Crippen LogP contribution in [0.5, 0.6) is 0 Å². The molecule has 0 bridgehead atoms. The van der Waals surface area contributed by atoms with Gasteiger partial charge < -0.3 is 19.1 Å². The summed E-state index contributed by atoms with van der Waals surface area (Å²) in [5.41, 5.74) is -0.0291. The summed E-state index contributed by atoms with van der Waals surface area (Å²) in [5, 5.41) is 11.7. The summed E-state index contributed by atoms with van der Waals surface area (Å²) in [6.07, 6.45) is 1.49. The van der Waals surface area contributed by atoms with E-state index < -0.39 is 17.5 Å². The zero-order valence-electron chi connectivity index (χ0n) is 15.8. The molecule has 0 atom stereocenters. The first-order valence-corrected chi connectivity index (χ1v) is 9.20. The molecular weight excluding hydrogens is 396 g/mol. The SMILES string of the molecule is N#Cc1nc(-c2ccco2)oc1N1CCN(CC(=O)Nc2cc(F)ccc2F)CC1. The molecule has 30 heavy (non-hydrogen) atoms. The first kappa shape index (κ1) is 19.6. The zero-order chi connectivity index (χ0) is 21.1. The van der Waals surface area contributed by atoms with Gasteiger partial charge in [0.25, 0.3) is 5.89 Å². The number of amides is 1. The minimum atomic E-state index is -0.698. The average molecular weight is 413 g/mol. The van der Waals surface area contributed by atoms with E-state index in [2.05, 4.69) is 10.3 Å². The van der Waals surface area contributed by atoms with Crippen molar-refractivity contribution >= 4 is 17.5 Å². The van der Waals surface area contributed by atoms with Crippen molar-refractivity contribution in [3.8, 4) is 17.7 Å². The van der Waals surface area contributed by atoms with Crippen LogP contribution in [0.4, 0.5) is 20.4 Å². The smallest absolute Gasteiger partial charge is 0.266 e. The summed E-state index contributed by atoms with van der Waals surface area (Å²) >= 11 is 0. The van der Waals surface area contributed by atoms with E-state index in [9.17, 15) is 18.8 Å². The second-order valence-corrected chi connectivity index (χ2v) is 6.70. The van der Waals surface area contributed by atoms with Crippen molar-refractivity contribution in [3.05, 3.63) is 53.9 Å². The Kier molecular flexibility index (Phi) is 5.45. The molecule has 10 heteroatoms. The van der Waals surface area contributed by atoms with Crippen LogP contribution in [0.1, 0.15) is 5.69 Å². The van der Waals surface area contributed by atoms with Crippen molar-refractivity contribution in [2.45, 2.75) is 0 Å². The Hall–Kier alpha value is -3.71. The number of rotatable bonds is 5. The van der Waals surface area contributed by atoms with Gasteiger partial charge in [0.05, 0.1) is 18.5 Å². The fourth-order valence-corrected chi connectivity index (χ4v) is 3.20. The number of aromatic nitrogens is 1. The van der Waals surface area contributed by atoms with Crippen LogP contribution in [0.25, 0.3) is 11.7 Å². The molecule has 0 radical (unpaired) electrons. The molecule has 4 rings (SSSR count). The van der Waals surface area contributed by atoms with Crippen LogP contribution in [0.15, 0.2) is 45.4 Å². The lowest BCUT2D eigenvalue weighted by Gasteiger charge is -2.34. The molecule has 8 nitrogen and oxygen atoms in total. The third-order valence-electron chi connectivity index (χ3n) is 4.68. The van der Waals surface area contributed by atoms with Crippen molar-refractivity contribution in [1.29, 1.82) is 5.26 Å². The van der Waals surface area contributed by atoms with Gasteiger partial charge in [0.1, 0.15) is 17.7 Å². The fourth-order valence-electron chi connectivity index (χ4n) is 3.20. The summed E-state index contributed by atoms with van der Waals surface area (Å²) in [6.45, 7) is 2.07. The number of nitrogens with one attached hydrogen (secondary N) is 1. The number of anilines is 2. The predicted molar refractivity (Wildman–Crippen MR) is 103 cm³/mol. The normalized spacial score (nSPS) is 14.5. The molecule has 3 heterocycles. The van der Waals surface area contributed by atoms with E-state index in [0.29, 0.717) is 37.8 Å². The lowest BCUT2D eigenvalue weighted by atomic mass is 10.2. The van der Waals surface area contributed by atoms with Gasteiger partial charge in [-0.3, -0.25) is 9.69 Å². The third-order valence-corrected chi connectivity index (χ3v) is 4.68. The zero-order valence-corrected chi connectivity index (χ0v) is 15.8. The highest BCUT2D eigenvalue weighted by Crippen LogP contribution is 2.29. The Bertz CT molecular complexity index is 1080. The minimum Gasteiger partial charge on any atom is -0.459 e. The molecule has 1 N–H and O–H groups in total. The highest BCUT2D eigenvalue weighted by Gasteiger charge is 2.26. The molecule has 0 spiro atoms. The number of hydrogen-bond donors (Lipinski definition) is 1. The monoisotopic (exact) mass is 413 g/mol. The van der Waals surface area contributed by atoms with Gasteiger partial charge in [0.2, 0.25) is 17.5 Å². The van der Waals surface area contributed by atoms with E-state index in [1.54, 1.807) is 12.1 Å². The van der Waals surface area contributed by atoms with Crippen molar-refractivity contribution in [3.63, 3.8) is 0 Å². The Morgan fingerprint density at radius 3 is 2.73 bits per heavy atom. The molecule has 0 saturated carbocycles. The number of nitriles is 1. The van der Waals surface area contributed by atoms with Crippen LogP contribution in [0.2, 0.25) is 0 Å². The lowest BCUT2D eigenvalue weighted by Crippen LogP contribution is -2.48. The number of carbonyl (C=O) groups excluding carboxylic acids is 1. The van der Waals surface area contributed by atoms with Crippen LogP contribution in [0, 0.1) is 23.0 Å². The quantitative estimate of drug-likeness (QED) is 0.687. The summed E-state index contributed by atoms with van der Waals surface area (Å²) in [5.74, 6) is -0.755. The molecule has 1 aliphatic rings. The Labute approximate surface area is 170 Å². The molecule has 1 aliphatic heterocycles. The molecule has 1 fully saturated rings. The van der Waals surface area contributed by atoms with Crippen LogP contribution in [-0.2, 0) is 4.79 Å². The maximum atomic E-state index is 13.7. The van der Waals surface area contributed by atoms with Crippen LogP contribution < -0.4 is 10.2 Å². The summed E-state index contributed by atoms with van der Waals surface area (Å²) < 4.78 is 37.9. The number of benzene rings is 1. The first-order chi connectivity index (χ1) is 14.5. The second kappa shape index (κ2) is 8.34. The maximum Gasteiger partial charge on any atom is 0.266 e.